The van der Waals surface area contributed by atoms with Crippen molar-refractivity contribution in [1.29, 1.82) is 0 Å². The molecule has 0 aromatic carbocycles. The number of pyridine rings is 1. The maximum absolute atomic E-state index is 5.97. The first kappa shape index (κ1) is 11.9. The van der Waals surface area contributed by atoms with Crippen molar-refractivity contribution in [3.8, 4) is 0 Å². The summed E-state index contributed by atoms with van der Waals surface area (Å²) in [4.78, 5) is 7.07. The second kappa shape index (κ2) is 4.86. The van der Waals surface area contributed by atoms with Gasteiger partial charge in [0, 0.05) is 29.7 Å². The Morgan fingerprint density at radius 2 is 2.39 bits per heavy atom. The van der Waals surface area contributed by atoms with Gasteiger partial charge in [0.1, 0.15) is 0 Å². The lowest BCUT2D eigenvalue weighted by atomic mass is 9.97. The fraction of sp³-hybridized carbons (Fsp3) is 0.538. The molecule has 96 valence electrons. The first-order valence-corrected chi connectivity index (χ1v) is 6.88. The molecule has 4 nitrogen and oxygen atoms in total. The molecule has 5 heteroatoms. The summed E-state index contributed by atoms with van der Waals surface area (Å²) in [6.45, 7) is 5.59. The zero-order valence-electron chi connectivity index (χ0n) is 10.5. The standard InChI is InChI=1S/C13H17ClN4/c1-2-17-6-3-4-10(9-17)13-15-12-8-11(14)5-7-18(12)16-13/h5,7-8,10H,2-4,6,9H2,1H3. The summed E-state index contributed by atoms with van der Waals surface area (Å²) < 4.78 is 1.81. The van der Waals surface area contributed by atoms with Crippen LogP contribution in [0.1, 0.15) is 31.5 Å². The quantitative estimate of drug-likeness (QED) is 0.836. The van der Waals surface area contributed by atoms with Gasteiger partial charge < -0.3 is 4.90 Å². The Labute approximate surface area is 112 Å². The van der Waals surface area contributed by atoms with Gasteiger partial charge in [-0.15, -0.1) is 0 Å². The molecule has 0 spiro atoms. The number of halogens is 1. The molecular formula is C13H17ClN4. The second-order valence-electron chi connectivity index (χ2n) is 4.85. The van der Waals surface area contributed by atoms with Gasteiger partial charge in [0.2, 0.25) is 0 Å². The van der Waals surface area contributed by atoms with Gasteiger partial charge in [-0.3, -0.25) is 0 Å². The van der Waals surface area contributed by atoms with E-state index in [9.17, 15) is 0 Å². The fourth-order valence-electron chi connectivity index (χ4n) is 2.60. The van der Waals surface area contributed by atoms with Gasteiger partial charge >= 0.3 is 0 Å². The average Bonchev–Trinajstić information content (AvgIpc) is 2.81. The van der Waals surface area contributed by atoms with Crippen LogP contribution in [0.5, 0.6) is 0 Å². The van der Waals surface area contributed by atoms with Crippen molar-refractivity contribution >= 4 is 17.2 Å². The summed E-state index contributed by atoms with van der Waals surface area (Å²) in [5, 5.41) is 5.28. The van der Waals surface area contributed by atoms with Crippen molar-refractivity contribution in [3.63, 3.8) is 0 Å². The van der Waals surface area contributed by atoms with E-state index in [1.54, 1.807) is 0 Å². The number of nitrogens with zero attached hydrogens (tertiary/aromatic N) is 4. The minimum absolute atomic E-state index is 0.456. The van der Waals surface area contributed by atoms with Gasteiger partial charge in [-0.1, -0.05) is 18.5 Å². The molecule has 2 aromatic heterocycles. The van der Waals surface area contributed by atoms with Crippen LogP contribution in [0.4, 0.5) is 0 Å². The molecule has 0 amide bonds. The van der Waals surface area contributed by atoms with Crippen LogP contribution in [-0.2, 0) is 0 Å². The zero-order chi connectivity index (χ0) is 12.5. The van der Waals surface area contributed by atoms with Crippen molar-refractivity contribution in [2.75, 3.05) is 19.6 Å². The topological polar surface area (TPSA) is 33.4 Å². The van der Waals surface area contributed by atoms with E-state index in [-0.39, 0.29) is 0 Å². The van der Waals surface area contributed by atoms with Crippen LogP contribution in [0, 0.1) is 0 Å². The Morgan fingerprint density at radius 1 is 1.50 bits per heavy atom. The summed E-state index contributed by atoms with van der Waals surface area (Å²) in [7, 11) is 0. The fourth-order valence-corrected chi connectivity index (χ4v) is 2.75. The molecule has 1 atom stereocenters. The molecule has 1 aliphatic heterocycles. The van der Waals surface area contributed by atoms with Crippen LogP contribution in [0.15, 0.2) is 18.3 Å². The van der Waals surface area contributed by atoms with Crippen molar-refractivity contribution < 1.29 is 0 Å². The Hall–Kier alpha value is -1.13. The molecule has 1 aliphatic rings. The van der Waals surface area contributed by atoms with Gasteiger partial charge in [-0.2, -0.15) is 5.10 Å². The van der Waals surface area contributed by atoms with Gasteiger partial charge in [-0.25, -0.2) is 9.50 Å². The van der Waals surface area contributed by atoms with Crippen molar-refractivity contribution in [1.82, 2.24) is 19.5 Å². The molecule has 1 saturated heterocycles. The number of rotatable bonds is 2. The summed E-state index contributed by atoms with van der Waals surface area (Å²) in [5.41, 5.74) is 0.839. The number of piperidine rings is 1. The third-order valence-electron chi connectivity index (χ3n) is 3.63. The van der Waals surface area contributed by atoms with Gasteiger partial charge in [0.15, 0.2) is 11.5 Å². The Kier molecular flexibility index (Phi) is 3.22. The second-order valence-corrected chi connectivity index (χ2v) is 5.29. The summed E-state index contributed by atoms with van der Waals surface area (Å²) in [5.74, 6) is 1.41. The van der Waals surface area contributed by atoms with Crippen LogP contribution in [-0.4, -0.2) is 39.1 Å². The lowest BCUT2D eigenvalue weighted by Crippen LogP contribution is -2.34. The molecule has 2 aromatic rings. The van der Waals surface area contributed by atoms with E-state index in [2.05, 4.69) is 21.9 Å². The predicted molar refractivity (Wildman–Crippen MR) is 72.1 cm³/mol. The number of likely N-dealkylation sites (tertiary alicyclic amines) is 1. The molecule has 0 saturated carbocycles. The number of hydrogen-bond acceptors (Lipinski definition) is 3. The SMILES string of the molecule is CCN1CCCC(c2nc3cc(Cl)ccn3n2)C1. The molecule has 3 heterocycles. The van der Waals surface area contributed by atoms with Gasteiger partial charge in [0.25, 0.3) is 0 Å². The van der Waals surface area contributed by atoms with E-state index in [1.807, 2.05) is 22.8 Å². The minimum Gasteiger partial charge on any atom is -0.303 e. The molecule has 0 bridgehead atoms. The normalized spacial score (nSPS) is 21.6. The van der Waals surface area contributed by atoms with Gasteiger partial charge in [0.05, 0.1) is 0 Å². The predicted octanol–water partition coefficient (Wildman–Crippen LogP) is 2.58. The highest BCUT2D eigenvalue weighted by Crippen LogP contribution is 2.25. The van der Waals surface area contributed by atoms with E-state index in [0.29, 0.717) is 10.9 Å². The average molecular weight is 265 g/mol. The summed E-state index contributed by atoms with van der Waals surface area (Å²) in [6, 6.07) is 3.70. The van der Waals surface area contributed by atoms with Crippen LogP contribution in [0.3, 0.4) is 0 Å². The molecule has 1 unspecified atom stereocenters. The summed E-state index contributed by atoms with van der Waals surface area (Å²) in [6.07, 6.45) is 4.28. The molecule has 18 heavy (non-hydrogen) atoms. The molecule has 3 rings (SSSR count). The van der Waals surface area contributed by atoms with Crippen LogP contribution in [0.25, 0.3) is 5.65 Å². The summed E-state index contributed by atoms with van der Waals surface area (Å²) >= 11 is 5.97. The lowest BCUT2D eigenvalue weighted by molar-refractivity contribution is 0.214. The van der Waals surface area contributed by atoms with Gasteiger partial charge in [-0.05, 0) is 32.0 Å². The van der Waals surface area contributed by atoms with Crippen molar-refractivity contribution in [3.05, 3.63) is 29.2 Å². The molecule has 1 fully saturated rings. The molecular weight excluding hydrogens is 248 g/mol. The molecule has 0 radical (unpaired) electrons. The highest BCUT2D eigenvalue weighted by molar-refractivity contribution is 6.30. The number of fused-ring (bicyclic) bond motifs is 1. The van der Waals surface area contributed by atoms with E-state index in [0.717, 1.165) is 24.6 Å². The largest absolute Gasteiger partial charge is 0.303 e. The molecule has 0 aliphatic carbocycles. The third kappa shape index (κ3) is 2.22. The van der Waals surface area contributed by atoms with Crippen LogP contribution in [0.2, 0.25) is 5.02 Å². The van der Waals surface area contributed by atoms with Crippen LogP contribution >= 0.6 is 11.6 Å². The third-order valence-corrected chi connectivity index (χ3v) is 3.87. The highest BCUT2D eigenvalue weighted by atomic mass is 35.5. The van der Waals surface area contributed by atoms with Crippen LogP contribution < -0.4 is 0 Å². The zero-order valence-corrected chi connectivity index (χ0v) is 11.3. The lowest BCUT2D eigenvalue weighted by Gasteiger charge is -2.30. The Bertz CT molecular complexity index is 551. The van der Waals surface area contributed by atoms with Crippen molar-refractivity contribution in [2.45, 2.75) is 25.7 Å². The van der Waals surface area contributed by atoms with E-state index in [4.69, 9.17) is 11.6 Å². The van der Waals surface area contributed by atoms with E-state index < -0.39 is 0 Å². The number of aromatic nitrogens is 3. The highest BCUT2D eigenvalue weighted by Gasteiger charge is 2.23. The maximum atomic E-state index is 5.97. The van der Waals surface area contributed by atoms with E-state index >= 15 is 0 Å². The first-order valence-electron chi connectivity index (χ1n) is 6.50. The first-order chi connectivity index (χ1) is 8.76. The number of likely N-dealkylation sites (N-methyl/N-ethyl adjacent to an activating group) is 1. The van der Waals surface area contributed by atoms with Crippen molar-refractivity contribution in [2.24, 2.45) is 0 Å². The monoisotopic (exact) mass is 264 g/mol. The number of hydrogen-bond donors (Lipinski definition) is 0. The van der Waals surface area contributed by atoms with E-state index in [1.165, 1.54) is 19.4 Å². The Morgan fingerprint density at radius 3 is 3.22 bits per heavy atom. The molecule has 0 N–H and O–H groups in total. The maximum Gasteiger partial charge on any atom is 0.157 e. The minimum atomic E-state index is 0.456. The Balaban J connectivity index is 1.89. The smallest absolute Gasteiger partial charge is 0.157 e.